The van der Waals surface area contributed by atoms with Crippen molar-refractivity contribution >= 4 is 47.3 Å². The van der Waals surface area contributed by atoms with Gasteiger partial charge in [0.15, 0.2) is 0 Å². The van der Waals surface area contributed by atoms with Crippen LogP contribution in [0.1, 0.15) is 70.4 Å². The fourth-order valence-electron chi connectivity index (χ4n) is 11.1. The van der Waals surface area contributed by atoms with Gasteiger partial charge in [0.1, 0.15) is 0 Å². The van der Waals surface area contributed by atoms with Crippen molar-refractivity contribution in [1.82, 2.24) is 9.80 Å². The van der Waals surface area contributed by atoms with Crippen molar-refractivity contribution in [2.45, 2.75) is 63.2 Å². The third-order valence-corrected chi connectivity index (χ3v) is 14.4. The van der Waals surface area contributed by atoms with Crippen LogP contribution < -0.4 is 31.1 Å². The lowest BCUT2D eigenvalue weighted by Gasteiger charge is -2.44. The number of anilines is 4. The molecule has 0 aliphatic carbocycles. The van der Waals surface area contributed by atoms with Gasteiger partial charge in [-0.25, -0.2) is 0 Å². The van der Waals surface area contributed by atoms with Crippen LogP contribution in [0.3, 0.4) is 0 Å². The molecule has 0 amide bonds. The Labute approximate surface area is 401 Å². The Bertz CT molecular complexity index is 2460. The summed E-state index contributed by atoms with van der Waals surface area (Å²) in [5.74, 6) is 0. The average Bonchev–Trinajstić information content (AvgIpc) is 3.73. The van der Waals surface area contributed by atoms with Gasteiger partial charge in [-0.15, -0.1) is 0 Å². The van der Waals surface area contributed by atoms with Crippen LogP contribution in [0.5, 0.6) is 0 Å². The average molecular weight is 913 g/mol. The summed E-state index contributed by atoms with van der Waals surface area (Å²) in [5, 5.41) is 33.5. The Morgan fingerprint density at radius 3 is 1.43 bits per heavy atom. The van der Waals surface area contributed by atoms with Crippen LogP contribution in [0.15, 0.2) is 84.9 Å². The third-order valence-electron chi connectivity index (χ3n) is 14.4. The number of rotatable bonds is 8. The third kappa shape index (κ3) is 9.94. The zero-order valence-corrected chi connectivity index (χ0v) is 39.3. The lowest BCUT2D eigenvalue weighted by molar-refractivity contribution is 0.134. The van der Waals surface area contributed by atoms with E-state index in [0.29, 0.717) is 61.7 Å². The molecule has 4 saturated heterocycles. The Hall–Kier alpha value is -6.36. The molecule has 6 aliphatic rings. The van der Waals surface area contributed by atoms with Crippen molar-refractivity contribution in [2.24, 2.45) is 11.5 Å². The molecule has 0 saturated carbocycles. The molecule has 0 bridgehead atoms. The number of nitrogens with zero attached hydrogens (tertiary/aromatic N) is 8. The molecule has 4 aromatic carbocycles. The highest BCUT2D eigenvalue weighted by Gasteiger charge is 2.41. The summed E-state index contributed by atoms with van der Waals surface area (Å²) in [6.07, 6.45) is 9.82. The van der Waals surface area contributed by atoms with Crippen molar-refractivity contribution in [2.75, 3.05) is 98.4 Å². The number of allylic oxidation sites excluding steroid dienone is 2. The maximum Gasteiger partial charge on any atom is 0.0991 e. The number of benzene rings is 4. The number of piperazine rings is 2. The van der Waals surface area contributed by atoms with E-state index in [0.717, 1.165) is 87.9 Å². The van der Waals surface area contributed by atoms with Gasteiger partial charge in [0, 0.05) is 125 Å². The van der Waals surface area contributed by atoms with Gasteiger partial charge in [-0.2, -0.15) is 10.5 Å². The molecular weight excluding hydrogens is 849 g/mol. The highest BCUT2D eigenvalue weighted by Crippen LogP contribution is 2.44. The van der Waals surface area contributed by atoms with E-state index in [-0.39, 0.29) is 12.1 Å². The van der Waals surface area contributed by atoms with Crippen LogP contribution in [-0.4, -0.2) is 125 Å². The highest BCUT2D eigenvalue weighted by atomic mass is 16.5. The fraction of sp³-hybridized carbons (Fsp3) is 0.407. The van der Waals surface area contributed by atoms with Gasteiger partial charge in [-0.05, 0) is 120 Å². The monoisotopic (exact) mass is 913 g/mol. The molecular formula is C54H64N12O2. The van der Waals surface area contributed by atoms with E-state index in [1.807, 2.05) is 48.6 Å². The molecule has 0 radical (unpaired) electrons. The SMILES string of the molecule is C[C@@H]1CN(c2ccc(C#N)cc2/C=C\C=N)C[C@@H]2c3ccc(N4CCOC[C@@H](N)C4)cc3CN12.C[C@@H]1CN(c2ccc(C#N)cc2/C=C\C=N)C[C@@H]2c3ccc(N4CCOC[C@H](N)C4)cc3CN12. The van der Waals surface area contributed by atoms with E-state index in [9.17, 15) is 10.5 Å². The lowest BCUT2D eigenvalue weighted by Crippen LogP contribution is -2.51. The van der Waals surface area contributed by atoms with Crippen LogP contribution >= 0.6 is 0 Å². The predicted molar refractivity (Wildman–Crippen MR) is 273 cm³/mol. The molecule has 6 heterocycles. The molecule has 6 atom stereocenters. The van der Waals surface area contributed by atoms with Gasteiger partial charge in [0.25, 0.3) is 0 Å². The summed E-state index contributed by atoms with van der Waals surface area (Å²) in [5.41, 5.74) is 26.0. The first-order valence-corrected chi connectivity index (χ1v) is 24.0. The Morgan fingerprint density at radius 2 is 1.01 bits per heavy atom. The van der Waals surface area contributed by atoms with E-state index in [1.165, 1.54) is 46.1 Å². The quantitative estimate of drug-likeness (QED) is 0.145. The molecule has 0 unspecified atom stereocenters. The van der Waals surface area contributed by atoms with Crippen LogP contribution in [0.25, 0.3) is 12.2 Å². The van der Waals surface area contributed by atoms with Gasteiger partial charge in [0.05, 0.1) is 61.8 Å². The Kier molecular flexibility index (Phi) is 14.4. The highest BCUT2D eigenvalue weighted by molar-refractivity contribution is 5.81. The largest absolute Gasteiger partial charge is 0.378 e. The van der Waals surface area contributed by atoms with Crippen molar-refractivity contribution in [3.8, 4) is 12.1 Å². The molecule has 6 N–H and O–H groups in total. The molecule has 68 heavy (non-hydrogen) atoms. The number of ether oxygens (including phenoxy) is 2. The molecule has 6 aliphatic heterocycles. The lowest BCUT2D eigenvalue weighted by atomic mass is 9.99. The molecule has 14 heteroatoms. The summed E-state index contributed by atoms with van der Waals surface area (Å²) in [6.45, 7) is 16.2. The van der Waals surface area contributed by atoms with Crippen molar-refractivity contribution in [1.29, 1.82) is 21.3 Å². The van der Waals surface area contributed by atoms with Crippen molar-refractivity contribution < 1.29 is 9.47 Å². The fourth-order valence-corrected chi connectivity index (χ4v) is 11.1. The van der Waals surface area contributed by atoms with Gasteiger partial charge in [0.2, 0.25) is 0 Å². The number of hydrogen-bond donors (Lipinski definition) is 4. The van der Waals surface area contributed by atoms with Crippen LogP contribution in [0.2, 0.25) is 0 Å². The molecule has 0 spiro atoms. The number of fused-ring (bicyclic) bond motifs is 6. The molecule has 14 nitrogen and oxygen atoms in total. The first kappa shape index (κ1) is 46.7. The summed E-state index contributed by atoms with van der Waals surface area (Å²) >= 11 is 0. The standard InChI is InChI=1S/2C27H32N6O/c2*1-19-14-32(26-7-4-20(13-29)11-21(26)3-2-8-28)17-27-25-6-5-24(12-22(25)15-33(19)27)31-9-10-34-18-23(30)16-31/h2*2-8,11-12,19,23,27-28H,9-10,14-18,30H2,1H3/b2*3-2-,28-8?/t19-,23+,27-;19-,23-,27-/m11/s1. The van der Waals surface area contributed by atoms with Gasteiger partial charge in [-0.3, -0.25) is 9.80 Å². The summed E-state index contributed by atoms with van der Waals surface area (Å²) in [4.78, 5) is 14.8. The molecule has 0 aromatic heterocycles. The van der Waals surface area contributed by atoms with E-state index in [2.05, 4.69) is 91.8 Å². The summed E-state index contributed by atoms with van der Waals surface area (Å²) < 4.78 is 11.3. The van der Waals surface area contributed by atoms with E-state index in [1.54, 1.807) is 12.2 Å². The Balaban J connectivity index is 0.000000170. The second-order valence-electron chi connectivity index (χ2n) is 19.0. The van der Waals surface area contributed by atoms with Crippen LogP contribution in [0, 0.1) is 33.5 Å². The minimum atomic E-state index is 0.0407. The maximum atomic E-state index is 9.35. The van der Waals surface area contributed by atoms with Crippen molar-refractivity contribution in [3.05, 3.63) is 129 Å². The Morgan fingerprint density at radius 1 is 0.574 bits per heavy atom. The first-order chi connectivity index (χ1) is 33.1. The van der Waals surface area contributed by atoms with E-state index in [4.69, 9.17) is 31.8 Å². The van der Waals surface area contributed by atoms with Gasteiger partial charge in [-0.1, -0.05) is 24.3 Å². The zero-order chi connectivity index (χ0) is 47.3. The molecule has 4 fully saturated rings. The number of hydrogen-bond acceptors (Lipinski definition) is 14. The second-order valence-corrected chi connectivity index (χ2v) is 19.0. The number of nitrogens with one attached hydrogen (secondary N) is 2. The topological polar surface area (TPSA) is 185 Å². The van der Waals surface area contributed by atoms with Gasteiger partial charge >= 0.3 is 0 Å². The van der Waals surface area contributed by atoms with Crippen molar-refractivity contribution in [3.63, 3.8) is 0 Å². The molecule has 352 valence electrons. The predicted octanol–water partition coefficient (Wildman–Crippen LogP) is 6.30. The molecule has 4 aromatic rings. The van der Waals surface area contributed by atoms with Crippen LogP contribution in [0.4, 0.5) is 22.7 Å². The number of nitrogens with two attached hydrogens (primary N) is 2. The second kappa shape index (κ2) is 20.9. The smallest absolute Gasteiger partial charge is 0.0991 e. The zero-order valence-electron chi connectivity index (χ0n) is 39.3. The molecule has 10 rings (SSSR count). The maximum absolute atomic E-state index is 9.35. The van der Waals surface area contributed by atoms with E-state index < -0.39 is 0 Å². The van der Waals surface area contributed by atoms with Crippen LogP contribution in [-0.2, 0) is 22.6 Å². The first-order valence-electron chi connectivity index (χ1n) is 24.0. The minimum absolute atomic E-state index is 0.0407. The van der Waals surface area contributed by atoms with Gasteiger partial charge < -0.3 is 51.4 Å². The van der Waals surface area contributed by atoms with E-state index >= 15 is 0 Å². The summed E-state index contributed by atoms with van der Waals surface area (Å²) in [7, 11) is 0. The summed E-state index contributed by atoms with van der Waals surface area (Å²) in [6, 6.07) is 31.5. The normalized spacial score (nSPS) is 25.0. The minimum Gasteiger partial charge on any atom is -0.378 e. The number of nitriles is 2.